The van der Waals surface area contributed by atoms with Crippen molar-refractivity contribution < 1.29 is 24.3 Å². The molecule has 0 spiro atoms. The number of non-ortho nitro benzene ring substituents is 2. The average molecular weight is 417 g/mol. The van der Waals surface area contributed by atoms with E-state index in [-0.39, 0.29) is 0 Å². The van der Waals surface area contributed by atoms with Crippen molar-refractivity contribution in [2.75, 3.05) is 0 Å². The summed E-state index contributed by atoms with van der Waals surface area (Å²) in [5.74, 6) is 0. The van der Waals surface area contributed by atoms with Crippen molar-refractivity contribution in [3.05, 3.63) is 76.9 Å². The molecular formula is C12H6ClN4O9P. The van der Waals surface area contributed by atoms with Gasteiger partial charge in [-0.1, -0.05) is 0 Å². The van der Waals surface area contributed by atoms with Gasteiger partial charge >= 0.3 is 0 Å². The van der Waals surface area contributed by atoms with E-state index >= 15 is 0 Å². The summed E-state index contributed by atoms with van der Waals surface area (Å²) < 4.78 is 13.0. The minimum Gasteiger partial charge on any atom is -0.296 e. The van der Waals surface area contributed by atoms with E-state index in [1.807, 2.05) is 0 Å². The minimum absolute atomic E-state index is 0.515. The third kappa shape index (κ3) is 3.73. The molecule has 0 amide bonds. The number of benzene rings is 2. The Morgan fingerprint density at radius 3 is 1.26 bits per heavy atom. The van der Waals surface area contributed by atoms with Gasteiger partial charge in [0.2, 0.25) is 6.49 Å². The van der Waals surface area contributed by atoms with Crippen LogP contribution >= 0.6 is 17.7 Å². The second-order valence-electron chi connectivity index (χ2n) is 4.91. The first kappa shape index (κ1) is 19.9. The van der Waals surface area contributed by atoms with Crippen LogP contribution in [0.15, 0.2) is 36.4 Å². The van der Waals surface area contributed by atoms with Crippen LogP contribution in [0.4, 0.5) is 22.7 Å². The fourth-order valence-electron chi connectivity index (χ4n) is 2.16. The van der Waals surface area contributed by atoms with Crippen molar-refractivity contribution in [1.82, 2.24) is 0 Å². The summed E-state index contributed by atoms with van der Waals surface area (Å²) >= 11 is 5.96. The van der Waals surface area contributed by atoms with Gasteiger partial charge in [0.15, 0.2) is 0 Å². The average Bonchev–Trinajstić information content (AvgIpc) is 2.60. The van der Waals surface area contributed by atoms with Crippen LogP contribution in [0.1, 0.15) is 0 Å². The van der Waals surface area contributed by atoms with E-state index in [9.17, 15) is 45.0 Å². The lowest BCUT2D eigenvalue weighted by Crippen LogP contribution is -2.18. The van der Waals surface area contributed by atoms with Crippen LogP contribution in [0.3, 0.4) is 0 Å². The maximum atomic E-state index is 13.0. The van der Waals surface area contributed by atoms with Crippen molar-refractivity contribution in [1.29, 1.82) is 0 Å². The Kier molecular flexibility index (Phi) is 5.19. The maximum Gasteiger partial charge on any atom is 0.288 e. The zero-order valence-corrected chi connectivity index (χ0v) is 14.4. The van der Waals surface area contributed by atoms with Crippen LogP contribution < -0.4 is 10.6 Å². The molecule has 0 aliphatic carbocycles. The predicted octanol–water partition coefficient (Wildman–Crippen LogP) is 2.79. The highest BCUT2D eigenvalue weighted by molar-refractivity contribution is 8.01. The number of hydrogen-bond donors (Lipinski definition) is 0. The fraction of sp³-hybridized carbons (Fsp3) is 0. The van der Waals surface area contributed by atoms with E-state index in [1.54, 1.807) is 0 Å². The second-order valence-corrected chi connectivity index (χ2v) is 8.36. The molecule has 0 fully saturated rings. The van der Waals surface area contributed by atoms with Gasteiger partial charge in [0.25, 0.3) is 22.7 Å². The summed E-state index contributed by atoms with van der Waals surface area (Å²) in [6, 6.07) is 4.15. The Bertz CT molecular complexity index is 978. The number of halogens is 1. The first-order chi connectivity index (χ1) is 12.5. The Balaban J connectivity index is 2.78. The Morgan fingerprint density at radius 1 is 0.667 bits per heavy atom. The van der Waals surface area contributed by atoms with Crippen LogP contribution in [0, 0.1) is 40.5 Å². The topological polar surface area (TPSA) is 190 Å². The van der Waals surface area contributed by atoms with Crippen LogP contribution in [0.25, 0.3) is 0 Å². The molecule has 0 saturated carbocycles. The highest BCUT2D eigenvalue weighted by atomic mass is 35.7. The largest absolute Gasteiger partial charge is 0.296 e. The van der Waals surface area contributed by atoms with Gasteiger partial charge in [-0.05, 0) is 23.4 Å². The molecule has 0 atom stereocenters. The molecule has 13 nitrogen and oxygen atoms in total. The summed E-state index contributed by atoms with van der Waals surface area (Å²) in [4.78, 5) is 40.0. The van der Waals surface area contributed by atoms with E-state index < -0.39 is 59.5 Å². The highest BCUT2D eigenvalue weighted by Gasteiger charge is 2.39. The van der Waals surface area contributed by atoms with Gasteiger partial charge in [-0.2, -0.15) is 0 Å². The smallest absolute Gasteiger partial charge is 0.288 e. The number of nitro benzene ring substituents is 4. The number of rotatable bonds is 6. The summed E-state index contributed by atoms with van der Waals surface area (Å²) in [7, 11) is 0. The molecular weight excluding hydrogens is 411 g/mol. The lowest BCUT2D eigenvalue weighted by Gasteiger charge is -2.12. The molecule has 0 bridgehead atoms. The highest BCUT2D eigenvalue weighted by Crippen LogP contribution is 2.53. The second kappa shape index (κ2) is 7.05. The number of nitro groups is 4. The monoisotopic (exact) mass is 416 g/mol. The van der Waals surface area contributed by atoms with Crippen molar-refractivity contribution in [2.24, 2.45) is 0 Å². The lowest BCUT2D eigenvalue weighted by atomic mass is 10.3. The molecule has 0 aliphatic rings. The minimum atomic E-state index is -4.54. The Morgan fingerprint density at radius 2 is 1.00 bits per heavy atom. The molecule has 15 heteroatoms. The van der Waals surface area contributed by atoms with E-state index in [0.29, 0.717) is 12.1 Å². The fourth-order valence-corrected chi connectivity index (χ4v) is 4.69. The molecule has 2 rings (SSSR count). The van der Waals surface area contributed by atoms with Crippen molar-refractivity contribution >= 4 is 51.1 Å². The Labute approximate surface area is 152 Å². The van der Waals surface area contributed by atoms with Gasteiger partial charge in [0.05, 0.1) is 31.8 Å². The first-order valence-electron chi connectivity index (χ1n) is 6.63. The van der Waals surface area contributed by atoms with Gasteiger partial charge < -0.3 is 0 Å². The van der Waals surface area contributed by atoms with Crippen molar-refractivity contribution in [3.63, 3.8) is 0 Å². The molecule has 2 aromatic carbocycles. The van der Waals surface area contributed by atoms with Gasteiger partial charge in [-0.3, -0.25) is 45.0 Å². The van der Waals surface area contributed by atoms with Crippen LogP contribution in [-0.2, 0) is 4.57 Å². The molecule has 0 saturated heterocycles. The number of hydrogen-bond acceptors (Lipinski definition) is 9. The third-order valence-electron chi connectivity index (χ3n) is 3.35. The van der Waals surface area contributed by atoms with Gasteiger partial charge in [0, 0.05) is 12.1 Å². The lowest BCUT2D eigenvalue weighted by molar-refractivity contribution is -0.393. The van der Waals surface area contributed by atoms with Gasteiger partial charge in [-0.15, -0.1) is 0 Å². The molecule has 27 heavy (non-hydrogen) atoms. The molecule has 0 unspecified atom stereocenters. The zero-order valence-electron chi connectivity index (χ0n) is 12.8. The standard InChI is InChI=1S/C12H6ClN4O9P/c13-27(26,11-3-1-7(14(18)19)5-9(11)16(22)23)12-4-2-8(15(20)21)6-10(12)17(24)25/h1-6H. The third-order valence-corrected chi connectivity index (χ3v) is 6.44. The summed E-state index contributed by atoms with van der Waals surface area (Å²) in [5.41, 5.74) is -3.31. The normalized spacial score (nSPS) is 11.0. The molecule has 0 aromatic heterocycles. The van der Waals surface area contributed by atoms with Gasteiger partial charge in [0.1, 0.15) is 10.6 Å². The van der Waals surface area contributed by atoms with E-state index in [0.717, 1.165) is 24.3 Å². The Hall–Kier alpha value is -3.44. The van der Waals surface area contributed by atoms with Crippen LogP contribution in [0.2, 0.25) is 0 Å². The molecule has 140 valence electrons. The van der Waals surface area contributed by atoms with E-state index in [4.69, 9.17) is 11.2 Å². The SMILES string of the molecule is O=[N+]([O-])c1ccc(P(=O)(Cl)c2ccc([N+](=O)[O-])cc2[N+](=O)[O-])c([N+](=O)[O-])c1. The summed E-state index contributed by atoms with van der Waals surface area (Å²) in [6.07, 6.45) is 0. The van der Waals surface area contributed by atoms with Crippen LogP contribution in [-0.4, -0.2) is 19.7 Å². The molecule has 0 radical (unpaired) electrons. The summed E-state index contributed by atoms with van der Waals surface area (Å²) in [6.45, 7) is -4.54. The number of nitrogens with zero attached hydrogens (tertiary/aromatic N) is 4. The molecule has 0 N–H and O–H groups in total. The van der Waals surface area contributed by atoms with E-state index in [1.165, 1.54) is 0 Å². The first-order valence-corrected chi connectivity index (χ1v) is 9.24. The van der Waals surface area contributed by atoms with E-state index in [2.05, 4.69) is 0 Å². The molecule has 2 aromatic rings. The van der Waals surface area contributed by atoms with Crippen molar-refractivity contribution in [3.8, 4) is 0 Å². The molecule has 0 heterocycles. The summed E-state index contributed by atoms with van der Waals surface area (Å²) in [5, 5.41) is 42.6. The zero-order chi connectivity index (χ0) is 20.5. The van der Waals surface area contributed by atoms with Gasteiger partial charge in [-0.25, -0.2) is 0 Å². The maximum absolute atomic E-state index is 13.0. The van der Waals surface area contributed by atoms with Crippen molar-refractivity contribution in [2.45, 2.75) is 0 Å². The van der Waals surface area contributed by atoms with Crippen LogP contribution in [0.5, 0.6) is 0 Å². The quantitative estimate of drug-likeness (QED) is 0.387. The molecule has 0 aliphatic heterocycles. The predicted molar refractivity (Wildman–Crippen MR) is 92.2 cm³/mol.